The molecule has 5 heteroatoms. The largest absolute Gasteiger partial charge is 0.394 e. The first kappa shape index (κ1) is 13.4. The van der Waals surface area contributed by atoms with E-state index in [4.69, 9.17) is 9.84 Å². The Kier molecular flexibility index (Phi) is 6.37. The van der Waals surface area contributed by atoms with Crippen LogP contribution in [0.25, 0.3) is 0 Å². The maximum atomic E-state index is 11.4. The van der Waals surface area contributed by atoms with E-state index >= 15 is 0 Å². The summed E-state index contributed by atoms with van der Waals surface area (Å²) in [6.07, 6.45) is 0.597. The fourth-order valence-electron chi connectivity index (χ4n) is 1.80. The van der Waals surface area contributed by atoms with Gasteiger partial charge in [-0.25, -0.2) is 0 Å². The molecule has 1 fully saturated rings. The van der Waals surface area contributed by atoms with Crippen molar-refractivity contribution in [1.82, 2.24) is 9.80 Å². The van der Waals surface area contributed by atoms with E-state index in [2.05, 4.69) is 4.90 Å². The van der Waals surface area contributed by atoms with Crippen LogP contribution in [0.2, 0.25) is 0 Å². The molecule has 1 N–H and O–H groups in total. The Morgan fingerprint density at radius 3 is 2.50 bits per heavy atom. The number of hydrogen-bond acceptors (Lipinski definition) is 4. The summed E-state index contributed by atoms with van der Waals surface area (Å²) in [5, 5.41) is 8.54. The zero-order chi connectivity index (χ0) is 11.8. The van der Waals surface area contributed by atoms with Gasteiger partial charge in [-0.1, -0.05) is 6.92 Å². The molecule has 0 bridgehead atoms. The van der Waals surface area contributed by atoms with Gasteiger partial charge in [0.25, 0.3) is 0 Å². The number of rotatable bonds is 6. The highest BCUT2D eigenvalue weighted by Gasteiger charge is 2.19. The first-order chi connectivity index (χ1) is 7.77. The highest BCUT2D eigenvalue weighted by Crippen LogP contribution is 2.03. The van der Waals surface area contributed by atoms with E-state index in [1.54, 1.807) is 0 Å². The Morgan fingerprint density at radius 1 is 1.25 bits per heavy atom. The summed E-state index contributed by atoms with van der Waals surface area (Å²) in [7, 11) is 0. The third-order valence-corrected chi connectivity index (χ3v) is 2.81. The number of amides is 1. The minimum atomic E-state index is 0.0821. The number of carbonyl (C=O) groups excluding carboxylic acids is 1. The van der Waals surface area contributed by atoms with E-state index in [1.807, 2.05) is 11.8 Å². The molecule has 0 aromatic carbocycles. The molecule has 94 valence electrons. The van der Waals surface area contributed by atoms with E-state index < -0.39 is 0 Å². The Bertz CT molecular complexity index is 203. The molecule has 0 aliphatic carbocycles. The number of aliphatic hydroxyl groups is 1. The van der Waals surface area contributed by atoms with Crippen LogP contribution >= 0.6 is 0 Å². The summed E-state index contributed by atoms with van der Waals surface area (Å²) >= 11 is 0. The van der Waals surface area contributed by atoms with Gasteiger partial charge in [-0.05, 0) is 0 Å². The molecule has 1 rings (SSSR count). The van der Waals surface area contributed by atoms with E-state index in [-0.39, 0.29) is 12.5 Å². The van der Waals surface area contributed by atoms with Crippen molar-refractivity contribution in [1.29, 1.82) is 0 Å². The number of piperazine rings is 1. The quantitative estimate of drug-likeness (QED) is 0.628. The fourth-order valence-corrected chi connectivity index (χ4v) is 1.80. The van der Waals surface area contributed by atoms with Gasteiger partial charge in [-0.2, -0.15) is 0 Å². The van der Waals surface area contributed by atoms with E-state index in [9.17, 15) is 4.79 Å². The lowest BCUT2D eigenvalue weighted by Crippen LogP contribution is -2.49. The normalized spacial score (nSPS) is 17.8. The highest BCUT2D eigenvalue weighted by molar-refractivity contribution is 5.75. The van der Waals surface area contributed by atoms with E-state index in [0.29, 0.717) is 19.6 Å². The fraction of sp³-hybridized carbons (Fsp3) is 0.909. The van der Waals surface area contributed by atoms with Gasteiger partial charge in [0, 0.05) is 39.1 Å². The van der Waals surface area contributed by atoms with Crippen LogP contribution in [0, 0.1) is 0 Å². The molecule has 0 spiro atoms. The molecule has 1 amide bonds. The first-order valence-electron chi connectivity index (χ1n) is 5.96. The molecule has 16 heavy (non-hydrogen) atoms. The number of aliphatic hydroxyl groups excluding tert-OH is 1. The Hall–Kier alpha value is -0.650. The molecule has 1 aliphatic rings. The monoisotopic (exact) mass is 230 g/mol. The Balaban J connectivity index is 2.10. The minimum Gasteiger partial charge on any atom is -0.394 e. The maximum absolute atomic E-state index is 11.4. The van der Waals surface area contributed by atoms with Crippen LogP contribution in [-0.4, -0.2) is 73.4 Å². The topological polar surface area (TPSA) is 53.0 Å². The number of hydrogen-bond donors (Lipinski definition) is 1. The first-order valence-corrected chi connectivity index (χ1v) is 5.96. The summed E-state index contributed by atoms with van der Waals surface area (Å²) < 4.78 is 5.21. The van der Waals surface area contributed by atoms with Crippen LogP contribution in [0.5, 0.6) is 0 Å². The number of carbonyl (C=O) groups is 1. The SMILES string of the molecule is CCC(=O)N1CCN(CCOCCO)CC1. The van der Waals surface area contributed by atoms with Crippen LogP contribution in [0.3, 0.4) is 0 Å². The van der Waals surface area contributed by atoms with Gasteiger partial charge >= 0.3 is 0 Å². The van der Waals surface area contributed by atoms with Crippen molar-refractivity contribution >= 4 is 5.91 Å². The zero-order valence-electron chi connectivity index (χ0n) is 10.0. The molecule has 0 aromatic rings. The van der Waals surface area contributed by atoms with E-state index in [1.165, 1.54) is 0 Å². The van der Waals surface area contributed by atoms with Crippen LogP contribution in [0.4, 0.5) is 0 Å². The second-order valence-electron chi connectivity index (χ2n) is 3.91. The molecule has 1 saturated heterocycles. The maximum Gasteiger partial charge on any atom is 0.222 e. The summed E-state index contributed by atoms with van der Waals surface area (Å²) in [5.74, 6) is 0.246. The summed E-state index contributed by atoms with van der Waals surface area (Å²) in [5.41, 5.74) is 0. The van der Waals surface area contributed by atoms with Gasteiger partial charge in [-0.3, -0.25) is 9.69 Å². The Labute approximate surface area is 97.0 Å². The molecule has 0 saturated carbocycles. The summed E-state index contributed by atoms with van der Waals surface area (Å²) in [6.45, 7) is 7.43. The van der Waals surface area contributed by atoms with Gasteiger partial charge in [0.1, 0.15) is 0 Å². The number of nitrogens with zero attached hydrogens (tertiary/aromatic N) is 2. The molecule has 0 unspecified atom stereocenters. The average Bonchev–Trinajstić information content (AvgIpc) is 2.34. The average molecular weight is 230 g/mol. The van der Waals surface area contributed by atoms with Crippen molar-refractivity contribution in [3.8, 4) is 0 Å². The lowest BCUT2D eigenvalue weighted by atomic mass is 10.3. The van der Waals surface area contributed by atoms with Crippen LogP contribution in [0.15, 0.2) is 0 Å². The van der Waals surface area contributed by atoms with Crippen LogP contribution < -0.4 is 0 Å². The smallest absolute Gasteiger partial charge is 0.222 e. The van der Waals surface area contributed by atoms with Crippen molar-refractivity contribution in [2.45, 2.75) is 13.3 Å². The van der Waals surface area contributed by atoms with Crippen LogP contribution in [0.1, 0.15) is 13.3 Å². The predicted molar refractivity (Wildman–Crippen MR) is 61.2 cm³/mol. The van der Waals surface area contributed by atoms with Gasteiger partial charge < -0.3 is 14.7 Å². The van der Waals surface area contributed by atoms with Crippen molar-refractivity contribution < 1.29 is 14.6 Å². The molecule has 5 nitrogen and oxygen atoms in total. The zero-order valence-corrected chi connectivity index (χ0v) is 10.0. The molecule has 1 heterocycles. The summed E-state index contributed by atoms with van der Waals surface area (Å²) in [6, 6.07) is 0. The predicted octanol–water partition coefficient (Wildman–Crippen LogP) is -0.450. The van der Waals surface area contributed by atoms with E-state index in [0.717, 1.165) is 32.7 Å². The molecule has 0 aromatic heterocycles. The second kappa shape index (κ2) is 7.60. The lowest BCUT2D eigenvalue weighted by Gasteiger charge is -2.34. The third-order valence-electron chi connectivity index (χ3n) is 2.81. The molecule has 0 atom stereocenters. The second-order valence-corrected chi connectivity index (χ2v) is 3.91. The molecule has 0 radical (unpaired) electrons. The minimum absolute atomic E-state index is 0.0821. The molecular weight excluding hydrogens is 208 g/mol. The van der Waals surface area contributed by atoms with Gasteiger partial charge in [-0.15, -0.1) is 0 Å². The van der Waals surface area contributed by atoms with Gasteiger partial charge in [0.05, 0.1) is 19.8 Å². The molecular formula is C11H22N2O3. The summed E-state index contributed by atoms with van der Waals surface area (Å²) in [4.78, 5) is 15.6. The van der Waals surface area contributed by atoms with Crippen molar-refractivity contribution in [3.05, 3.63) is 0 Å². The van der Waals surface area contributed by atoms with Crippen molar-refractivity contribution in [2.75, 3.05) is 52.5 Å². The van der Waals surface area contributed by atoms with Gasteiger partial charge in [0.2, 0.25) is 5.91 Å². The lowest BCUT2D eigenvalue weighted by molar-refractivity contribution is -0.132. The van der Waals surface area contributed by atoms with Crippen LogP contribution in [-0.2, 0) is 9.53 Å². The molecule has 1 aliphatic heterocycles. The standard InChI is InChI=1S/C11H22N2O3/c1-2-11(15)13-5-3-12(4-6-13)7-9-16-10-8-14/h14H,2-10H2,1H3. The van der Waals surface area contributed by atoms with Crippen molar-refractivity contribution in [2.24, 2.45) is 0 Å². The Morgan fingerprint density at radius 2 is 1.94 bits per heavy atom. The highest BCUT2D eigenvalue weighted by atomic mass is 16.5. The number of ether oxygens (including phenoxy) is 1. The third kappa shape index (κ3) is 4.47. The van der Waals surface area contributed by atoms with Crippen molar-refractivity contribution in [3.63, 3.8) is 0 Å². The van der Waals surface area contributed by atoms with Gasteiger partial charge in [0.15, 0.2) is 0 Å².